The van der Waals surface area contributed by atoms with Gasteiger partial charge in [-0.3, -0.25) is 9.59 Å². The molecule has 3 N–H and O–H groups in total. The van der Waals surface area contributed by atoms with Gasteiger partial charge in [0.2, 0.25) is 5.91 Å². The van der Waals surface area contributed by atoms with E-state index in [2.05, 4.69) is 26.3 Å². The molecule has 7 nitrogen and oxygen atoms in total. The first-order valence-electron chi connectivity index (χ1n) is 6.40. The van der Waals surface area contributed by atoms with Crippen molar-refractivity contribution in [3.63, 3.8) is 0 Å². The first-order chi connectivity index (χ1) is 10.4. The Morgan fingerprint density at radius 2 is 2.18 bits per heavy atom. The van der Waals surface area contributed by atoms with Crippen LogP contribution in [0.3, 0.4) is 0 Å². The van der Waals surface area contributed by atoms with E-state index in [1.54, 1.807) is 0 Å². The Kier molecular flexibility index (Phi) is 5.38. The van der Waals surface area contributed by atoms with Crippen molar-refractivity contribution in [2.75, 3.05) is 18.5 Å². The van der Waals surface area contributed by atoms with Crippen molar-refractivity contribution in [1.82, 2.24) is 5.01 Å². The van der Waals surface area contributed by atoms with Gasteiger partial charge >= 0.3 is 0 Å². The third-order valence-electron chi connectivity index (χ3n) is 2.95. The summed E-state index contributed by atoms with van der Waals surface area (Å²) in [5, 5.41) is 26.3. The number of aliphatic hydroxyl groups excluding tert-OH is 1. The monoisotopic (exact) mass is 389 g/mol. The van der Waals surface area contributed by atoms with E-state index in [4.69, 9.17) is 16.7 Å². The Morgan fingerprint density at radius 3 is 2.82 bits per heavy atom. The molecule has 1 aromatic rings. The smallest absolute Gasteiger partial charge is 0.272 e. The zero-order chi connectivity index (χ0) is 16.3. The zero-order valence-corrected chi connectivity index (χ0v) is 13.7. The standard InChI is InChI=1S/C13H13BrClN3O4/c14-7-5-8(15)12(10(20)6-7)16-13(22)9-1-2-11(21)18(17-9)3-4-19/h5-6,19-20H,1-4H2,(H,16,22). The maximum absolute atomic E-state index is 12.2. The fourth-order valence-electron chi connectivity index (χ4n) is 1.90. The Balaban J connectivity index is 2.19. The summed E-state index contributed by atoms with van der Waals surface area (Å²) in [6, 6.07) is 2.92. The van der Waals surface area contributed by atoms with E-state index in [1.807, 2.05) is 0 Å². The maximum atomic E-state index is 12.2. The number of phenols is 1. The van der Waals surface area contributed by atoms with Gasteiger partial charge in [0.15, 0.2) is 0 Å². The van der Waals surface area contributed by atoms with E-state index in [0.29, 0.717) is 4.47 Å². The van der Waals surface area contributed by atoms with E-state index in [1.165, 1.54) is 12.1 Å². The number of aromatic hydroxyl groups is 1. The van der Waals surface area contributed by atoms with Crippen LogP contribution in [-0.2, 0) is 9.59 Å². The number of amides is 2. The van der Waals surface area contributed by atoms with Gasteiger partial charge in [0.25, 0.3) is 5.91 Å². The molecule has 1 aromatic carbocycles. The van der Waals surface area contributed by atoms with Crippen molar-refractivity contribution in [3.8, 4) is 5.75 Å². The number of rotatable bonds is 4. The summed E-state index contributed by atoms with van der Waals surface area (Å²) in [5.41, 5.74) is 0.203. The molecule has 0 spiro atoms. The SMILES string of the molecule is O=C(Nc1c(O)cc(Br)cc1Cl)C1=NN(CCO)C(=O)CC1. The number of nitrogens with one attached hydrogen (secondary N) is 1. The third-order valence-corrected chi connectivity index (χ3v) is 3.71. The van der Waals surface area contributed by atoms with Crippen LogP contribution in [-0.4, -0.2) is 45.9 Å². The number of halogens is 2. The molecule has 0 bridgehead atoms. The molecule has 2 amide bonds. The van der Waals surface area contributed by atoms with Crippen LogP contribution in [0, 0.1) is 0 Å². The van der Waals surface area contributed by atoms with Crippen LogP contribution < -0.4 is 5.32 Å². The van der Waals surface area contributed by atoms with Gasteiger partial charge in [0, 0.05) is 17.3 Å². The van der Waals surface area contributed by atoms with Crippen LogP contribution in [0.2, 0.25) is 5.02 Å². The van der Waals surface area contributed by atoms with E-state index < -0.39 is 5.91 Å². The summed E-state index contributed by atoms with van der Waals surface area (Å²) in [6.07, 6.45) is 0.313. The number of hydrogen-bond acceptors (Lipinski definition) is 5. The molecule has 0 fully saturated rings. The number of β-amino-alcohol motifs (C(OH)–C–C–N with tert-alkyl or cyclic N) is 1. The molecule has 22 heavy (non-hydrogen) atoms. The van der Waals surface area contributed by atoms with Gasteiger partial charge in [0.1, 0.15) is 17.1 Å². The fraction of sp³-hybridized carbons (Fsp3) is 0.308. The number of nitrogens with zero attached hydrogens (tertiary/aromatic N) is 2. The van der Waals surface area contributed by atoms with Crippen LogP contribution in [0.25, 0.3) is 0 Å². The van der Waals surface area contributed by atoms with Gasteiger partial charge in [-0.15, -0.1) is 0 Å². The molecular weight excluding hydrogens is 378 g/mol. The van der Waals surface area contributed by atoms with Crippen LogP contribution in [0.1, 0.15) is 12.8 Å². The Morgan fingerprint density at radius 1 is 1.45 bits per heavy atom. The molecular formula is C13H13BrClN3O4. The zero-order valence-electron chi connectivity index (χ0n) is 11.3. The molecule has 2 rings (SSSR count). The lowest BCUT2D eigenvalue weighted by molar-refractivity contribution is -0.132. The molecule has 0 unspecified atom stereocenters. The molecule has 0 aliphatic carbocycles. The maximum Gasteiger partial charge on any atom is 0.272 e. The molecule has 118 valence electrons. The van der Waals surface area contributed by atoms with E-state index in [0.717, 1.165) is 5.01 Å². The van der Waals surface area contributed by atoms with Crippen molar-refractivity contribution >= 4 is 50.7 Å². The van der Waals surface area contributed by atoms with Crippen molar-refractivity contribution in [2.45, 2.75) is 12.8 Å². The topological polar surface area (TPSA) is 102 Å². The molecule has 1 heterocycles. The summed E-state index contributed by atoms with van der Waals surface area (Å²) in [4.78, 5) is 23.8. The van der Waals surface area contributed by atoms with Gasteiger partial charge in [0.05, 0.1) is 18.2 Å². The Hall–Kier alpha value is -1.64. The number of carbonyl (C=O) groups is 2. The summed E-state index contributed by atoms with van der Waals surface area (Å²) in [5.74, 6) is -1.00. The predicted molar refractivity (Wildman–Crippen MR) is 84.9 cm³/mol. The quantitative estimate of drug-likeness (QED) is 0.681. The normalized spacial score (nSPS) is 14.8. The van der Waals surface area contributed by atoms with E-state index >= 15 is 0 Å². The van der Waals surface area contributed by atoms with Gasteiger partial charge in [-0.2, -0.15) is 5.10 Å². The highest BCUT2D eigenvalue weighted by molar-refractivity contribution is 9.10. The number of benzene rings is 1. The first-order valence-corrected chi connectivity index (χ1v) is 7.57. The number of carbonyl (C=O) groups excluding carboxylic acids is 2. The second-order valence-corrected chi connectivity index (χ2v) is 5.85. The number of hydrogen-bond donors (Lipinski definition) is 3. The minimum atomic E-state index is -0.560. The molecule has 0 radical (unpaired) electrons. The summed E-state index contributed by atoms with van der Waals surface area (Å²) >= 11 is 9.15. The number of phenolic OH excluding ortho intramolecular Hbond substituents is 1. The highest BCUT2D eigenvalue weighted by Crippen LogP contribution is 2.35. The molecule has 1 aliphatic rings. The van der Waals surface area contributed by atoms with Crippen LogP contribution in [0.5, 0.6) is 5.75 Å². The van der Waals surface area contributed by atoms with Gasteiger partial charge < -0.3 is 15.5 Å². The van der Waals surface area contributed by atoms with E-state index in [9.17, 15) is 14.7 Å². The predicted octanol–water partition coefficient (Wildman–Crippen LogP) is 1.72. The average Bonchev–Trinajstić information content (AvgIpc) is 2.45. The van der Waals surface area contributed by atoms with Crippen LogP contribution >= 0.6 is 27.5 Å². The lowest BCUT2D eigenvalue weighted by Crippen LogP contribution is -2.37. The second-order valence-electron chi connectivity index (χ2n) is 4.52. The van der Waals surface area contributed by atoms with Crippen molar-refractivity contribution in [3.05, 3.63) is 21.6 Å². The fourth-order valence-corrected chi connectivity index (χ4v) is 2.74. The van der Waals surface area contributed by atoms with Crippen molar-refractivity contribution in [2.24, 2.45) is 5.10 Å². The summed E-state index contributed by atoms with van der Waals surface area (Å²) < 4.78 is 0.572. The van der Waals surface area contributed by atoms with Crippen molar-refractivity contribution in [1.29, 1.82) is 0 Å². The molecule has 1 aliphatic heterocycles. The van der Waals surface area contributed by atoms with Crippen LogP contribution in [0.15, 0.2) is 21.7 Å². The summed E-state index contributed by atoms with van der Waals surface area (Å²) in [7, 11) is 0. The third kappa shape index (κ3) is 3.76. The summed E-state index contributed by atoms with van der Waals surface area (Å²) in [6.45, 7) is -0.219. The Bertz CT molecular complexity index is 627. The van der Waals surface area contributed by atoms with Gasteiger partial charge in [-0.25, -0.2) is 5.01 Å². The number of anilines is 1. The van der Waals surface area contributed by atoms with Crippen LogP contribution in [0.4, 0.5) is 5.69 Å². The minimum absolute atomic E-state index is 0.0277. The van der Waals surface area contributed by atoms with Crippen molar-refractivity contribution < 1.29 is 19.8 Å². The minimum Gasteiger partial charge on any atom is -0.506 e. The van der Waals surface area contributed by atoms with E-state index in [-0.39, 0.29) is 54.1 Å². The molecule has 0 saturated heterocycles. The lowest BCUT2D eigenvalue weighted by Gasteiger charge is -2.22. The highest BCUT2D eigenvalue weighted by atomic mass is 79.9. The first kappa shape index (κ1) is 16.7. The molecule has 0 saturated carbocycles. The molecule has 9 heteroatoms. The second kappa shape index (κ2) is 7.08. The van der Waals surface area contributed by atoms with Gasteiger partial charge in [-0.1, -0.05) is 27.5 Å². The average molecular weight is 391 g/mol. The lowest BCUT2D eigenvalue weighted by atomic mass is 10.1. The largest absolute Gasteiger partial charge is 0.506 e. The number of hydrazone groups is 1. The van der Waals surface area contributed by atoms with Gasteiger partial charge in [-0.05, 0) is 12.1 Å². The highest BCUT2D eigenvalue weighted by Gasteiger charge is 2.25. The number of aliphatic hydroxyl groups is 1. The Labute approximate surface area is 139 Å². The molecule has 0 atom stereocenters. The molecule has 0 aromatic heterocycles.